The van der Waals surface area contributed by atoms with E-state index < -0.39 is 28.0 Å². The van der Waals surface area contributed by atoms with Crippen molar-refractivity contribution in [3.05, 3.63) is 22.7 Å². The maximum Gasteiger partial charge on any atom is 0.304 e. The van der Waals surface area contributed by atoms with Gasteiger partial charge in [-0.15, -0.1) is 0 Å². The molecule has 0 unspecified atom stereocenters. The number of sulfone groups is 1. The van der Waals surface area contributed by atoms with E-state index in [4.69, 9.17) is 9.84 Å². The van der Waals surface area contributed by atoms with Crippen molar-refractivity contribution in [3.8, 4) is 5.75 Å². The van der Waals surface area contributed by atoms with Gasteiger partial charge in [-0.25, -0.2) is 8.42 Å². The van der Waals surface area contributed by atoms with Crippen molar-refractivity contribution in [2.75, 3.05) is 12.9 Å². The van der Waals surface area contributed by atoms with Gasteiger partial charge in [0.15, 0.2) is 9.84 Å². The zero-order chi connectivity index (χ0) is 13.1. The lowest BCUT2D eigenvalue weighted by molar-refractivity contribution is -0.136. The Labute approximate surface area is 107 Å². The van der Waals surface area contributed by atoms with Crippen LogP contribution < -0.4 is 4.74 Å². The molecule has 17 heavy (non-hydrogen) atoms. The number of carbonyl (C=O) groups is 1. The Kier molecular flexibility index (Phi) is 4.53. The fourth-order valence-electron chi connectivity index (χ4n) is 1.18. The number of aliphatic carboxylic acids is 1. The summed E-state index contributed by atoms with van der Waals surface area (Å²) < 4.78 is 29.0. The molecule has 0 aliphatic carbocycles. The first-order valence-corrected chi connectivity index (χ1v) is 7.09. The van der Waals surface area contributed by atoms with Crippen LogP contribution in [0.25, 0.3) is 0 Å². The van der Waals surface area contributed by atoms with Gasteiger partial charge in [0.05, 0.1) is 28.7 Å². The second-order valence-corrected chi connectivity index (χ2v) is 6.22. The third-order valence-electron chi connectivity index (χ3n) is 2.07. The molecule has 94 valence electrons. The Morgan fingerprint density at radius 2 is 2.12 bits per heavy atom. The number of carboxylic acids is 1. The minimum absolute atomic E-state index is 0.0754. The normalized spacial score (nSPS) is 11.2. The molecule has 0 saturated heterocycles. The number of rotatable bonds is 5. The van der Waals surface area contributed by atoms with Crippen molar-refractivity contribution in [1.29, 1.82) is 0 Å². The highest BCUT2D eigenvalue weighted by molar-refractivity contribution is 9.10. The molecule has 0 atom stereocenters. The maximum absolute atomic E-state index is 11.8. The van der Waals surface area contributed by atoms with Crippen molar-refractivity contribution in [2.45, 2.75) is 11.3 Å². The van der Waals surface area contributed by atoms with Crippen LogP contribution in [-0.2, 0) is 14.6 Å². The average Bonchev–Trinajstić information content (AvgIpc) is 2.26. The third kappa shape index (κ3) is 3.71. The second kappa shape index (κ2) is 5.50. The van der Waals surface area contributed by atoms with Crippen molar-refractivity contribution < 1.29 is 23.1 Å². The number of halogens is 1. The number of methoxy groups -OCH3 is 1. The van der Waals surface area contributed by atoms with Gasteiger partial charge in [0.2, 0.25) is 0 Å². The van der Waals surface area contributed by atoms with Gasteiger partial charge in [-0.05, 0) is 34.1 Å². The molecule has 0 aliphatic heterocycles. The Morgan fingerprint density at radius 3 is 2.59 bits per heavy atom. The zero-order valence-electron chi connectivity index (χ0n) is 9.01. The van der Waals surface area contributed by atoms with Crippen molar-refractivity contribution in [3.63, 3.8) is 0 Å². The van der Waals surface area contributed by atoms with Crippen LogP contribution in [0.4, 0.5) is 0 Å². The first-order valence-electron chi connectivity index (χ1n) is 4.65. The molecule has 5 nitrogen and oxygen atoms in total. The van der Waals surface area contributed by atoms with E-state index in [1.165, 1.54) is 25.3 Å². The summed E-state index contributed by atoms with van der Waals surface area (Å²) in [6, 6.07) is 4.30. The van der Waals surface area contributed by atoms with E-state index in [0.717, 1.165) is 0 Å². The highest BCUT2D eigenvalue weighted by Gasteiger charge is 2.17. The predicted molar refractivity (Wildman–Crippen MR) is 65.0 cm³/mol. The molecule has 0 bridgehead atoms. The van der Waals surface area contributed by atoms with Gasteiger partial charge in [-0.2, -0.15) is 0 Å². The SMILES string of the molecule is COc1ccc(S(=O)(=O)CCC(=O)O)cc1Br. The highest BCUT2D eigenvalue weighted by Crippen LogP contribution is 2.27. The molecular formula is C10H11BrO5S. The quantitative estimate of drug-likeness (QED) is 0.892. The van der Waals surface area contributed by atoms with E-state index in [-0.39, 0.29) is 4.90 Å². The number of hydrogen-bond donors (Lipinski definition) is 1. The summed E-state index contributed by atoms with van der Waals surface area (Å²) in [6.45, 7) is 0. The summed E-state index contributed by atoms with van der Waals surface area (Å²) in [5.74, 6) is -1.04. The topological polar surface area (TPSA) is 80.7 Å². The molecule has 0 radical (unpaired) electrons. The summed E-state index contributed by atoms with van der Waals surface area (Å²) in [6.07, 6.45) is -0.411. The van der Waals surface area contributed by atoms with Gasteiger partial charge >= 0.3 is 5.97 Å². The molecule has 0 saturated carbocycles. The van der Waals surface area contributed by atoms with Crippen molar-refractivity contribution in [1.82, 2.24) is 0 Å². The summed E-state index contributed by atoms with van der Waals surface area (Å²) >= 11 is 3.17. The fraction of sp³-hybridized carbons (Fsp3) is 0.300. The van der Waals surface area contributed by atoms with Crippen LogP contribution in [0.15, 0.2) is 27.6 Å². The standard InChI is InChI=1S/C10H11BrO5S/c1-16-9-3-2-7(6-8(9)11)17(14,15)5-4-10(12)13/h2-3,6H,4-5H2,1H3,(H,12,13). The molecule has 0 spiro atoms. The Hall–Kier alpha value is -1.08. The van der Waals surface area contributed by atoms with Gasteiger partial charge in [0.1, 0.15) is 5.75 Å². The first-order chi connectivity index (χ1) is 7.86. The van der Waals surface area contributed by atoms with Crippen LogP contribution in [0.3, 0.4) is 0 Å². The zero-order valence-corrected chi connectivity index (χ0v) is 11.4. The lowest BCUT2D eigenvalue weighted by Crippen LogP contribution is -2.11. The number of hydrogen-bond acceptors (Lipinski definition) is 4. The van der Waals surface area contributed by atoms with Crippen LogP contribution in [0.5, 0.6) is 5.75 Å². The maximum atomic E-state index is 11.8. The minimum atomic E-state index is -3.57. The fourth-order valence-corrected chi connectivity index (χ4v) is 3.12. The summed E-state index contributed by atoms with van der Waals surface area (Å²) in [5, 5.41) is 8.47. The van der Waals surface area contributed by atoms with Gasteiger partial charge in [-0.1, -0.05) is 0 Å². The first kappa shape index (κ1) is 14.0. The van der Waals surface area contributed by atoms with Crippen molar-refractivity contribution >= 4 is 31.7 Å². The summed E-state index contributed by atoms with van der Waals surface area (Å²) in [5.41, 5.74) is 0. The van der Waals surface area contributed by atoms with Crippen LogP contribution in [0.2, 0.25) is 0 Å². The molecule has 0 aliphatic rings. The van der Waals surface area contributed by atoms with Gasteiger partial charge < -0.3 is 9.84 Å². The van der Waals surface area contributed by atoms with E-state index >= 15 is 0 Å². The molecule has 1 rings (SSSR count). The Morgan fingerprint density at radius 1 is 1.47 bits per heavy atom. The molecule has 1 aromatic carbocycles. The molecular weight excluding hydrogens is 312 g/mol. The average molecular weight is 323 g/mol. The molecule has 0 heterocycles. The van der Waals surface area contributed by atoms with E-state index in [9.17, 15) is 13.2 Å². The van der Waals surface area contributed by atoms with E-state index in [0.29, 0.717) is 10.2 Å². The van der Waals surface area contributed by atoms with Crippen molar-refractivity contribution in [2.24, 2.45) is 0 Å². The van der Waals surface area contributed by atoms with Crippen LogP contribution >= 0.6 is 15.9 Å². The highest BCUT2D eigenvalue weighted by atomic mass is 79.9. The third-order valence-corrected chi connectivity index (χ3v) is 4.40. The Bertz CT molecular complexity index is 523. The van der Waals surface area contributed by atoms with Crippen LogP contribution in [0.1, 0.15) is 6.42 Å². The van der Waals surface area contributed by atoms with Gasteiger partial charge in [-0.3, -0.25) is 4.79 Å². The molecule has 0 amide bonds. The van der Waals surface area contributed by atoms with E-state index in [2.05, 4.69) is 15.9 Å². The molecule has 7 heteroatoms. The lowest BCUT2D eigenvalue weighted by atomic mass is 10.3. The largest absolute Gasteiger partial charge is 0.496 e. The van der Waals surface area contributed by atoms with E-state index in [1.807, 2.05) is 0 Å². The molecule has 0 aromatic heterocycles. The molecule has 0 fully saturated rings. The number of ether oxygens (including phenoxy) is 1. The number of benzene rings is 1. The molecule has 1 N–H and O–H groups in total. The van der Waals surface area contributed by atoms with Gasteiger partial charge in [0, 0.05) is 0 Å². The monoisotopic (exact) mass is 322 g/mol. The molecule has 1 aromatic rings. The van der Waals surface area contributed by atoms with Gasteiger partial charge in [0.25, 0.3) is 0 Å². The summed E-state index contributed by atoms with van der Waals surface area (Å²) in [4.78, 5) is 10.4. The minimum Gasteiger partial charge on any atom is -0.496 e. The second-order valence-electron chi connectivity index (χ2n) is 3.26. The van der Waals surface area contributed by atoms with E-state index in [1.54, 1.807) is 0 Å². The lowest BCUT2D eigenvalue weighted by Gasteiger charge is -2.06. The number of carboxylic acid groups (broad SMARTS) is 1. The van der Waals surface area contributed by atoms with Crippen LogP contribution in [-0.4, -0.2) is 32.4 Å². The summed E-state index contributed by atoms with van der Waals surface area (Å²) in [7, 11) is -2.10. The van der Waals surface area contributed by atoms with Crippen LogP contribution in [0, 0.1) is 0 Å². The predicted octanol–water partition coefficient (Wildman–Crippen LogP) is 1.71. The smallest absolute Gasteiger partial charge is 0.304 e. The Balaban J connectivity index is 2.99.